The maximum atomic E-state index is 13.3. The van der Waals surface area contributed by atoms with Crippen LogP contribution < -0.4 is 0 Å². The number of amides is 1. The second kappa shape index (κ2) is 10.3. The Morgan fingerprint density at radius 2 is 1.94 bits per heavy atom. The summed E-state index contributed by atoms with van der Waals surface area (Å²) in [7, 11) is 0. The zero-order valence-electron chi connectivity index (χ0n) is 17.9. The van der Waals surface area contributed by atoms with Crippen molar-refractivity contribution in [3.8, 4) is 0 Å². The van der Waals surface area contributed by atoms with Crippen molar-refractivity contribution in [1.29, 1.82) is 0 Å². The Hall–Kier alpha value is -3.30. The molecule has 9 nitrogen and oxygen atoms in total. The second-order valence-corrected chi connectivity index (χ2v) is 7.92. The van der Waals surface area contributed by atoms with Crippen LogP contribution in [0.25, 0.3) is 10.9 Å². The molecule has 0 atom stereocenters. The van der Waals surface area contributed by atoms with Crippen LogP contribution in [-0.2, 0) is 22.6 Å². The first kappa shape index (κ1) is 21.9. The summed E-state index contributed by atoms with van der Waals surface area (Å²) in [6.07, 6.45) is 6.16. The molecule has 1 aliphatic heterocycles. The fourth-order valence-electron chi connectivity index (χ4n) is 4.00. The molecule has 0 unspecified atom stereocenters. The van der Waals surface area contributed by atoms with Gasteiger partial charge in [0.2, 0.25) is 5.91 Å². The molecule has 1 aromatic carbocycles. The molecule has 3 heterocycles. The van der Waals surface area contributed by atoms with Crippen LogP contribution in [-0.4, -0.2) is 69.6 Å². The highest BCUT2D eigenvalue weighted by molar-refractivity contribution is 5.85. The van der Waals surface area contributed by atoms with Crippen LogP contribution in [0.2, 0.25) is 0 Å². The topological polar surface area (TPSA) is 93.7 Å². The summed E-state index contributed by atoms with van der Waals surface area (Å²) in [4.78, 5) is 32.2. The number of non-ortho nitro benzene ring substituents is 1. The number of ether oxygens (including phenoxy) is 1. The SMILES string of the molecule is O=C(Cn1ccc2cc([N+](=O)[O-])ccc21)N(CCCN1CCOCC1)Cc1ccncc1. The quantitative estimate of drug-likeness (QED) is 0.377. The minimum atomic E-state index is -0.410. The van der Waals surface area contributed by atoms with Gasteiger partial charge in [-0.25, -0.2) is 0 Å². The summed E-state index contributed by atoms with van der Waals surface area (Å²) in [6, 6.07) is 10.4. The first-order chi connectivity index (χ1) is 15.6. The normalized spacial score (nSPS) is 14.5. The molecule has 0 radical (unpaired) electrons. The standard InChI is InChI=1S/C23H27N5O4/c29-23(18-26-11-6-20-16-21(28(30)31)2-3-22(20)26)27(17-19-4-7-24-8-5-19)10-1-9-25-12-14-32-15-13-25/h2-8,11,16H,1,9-10,12-15,17-18H2. The second-order valence-electron chi connectivity index (χ2n) is 7.92. The van der Waals surface area contributed by atoms with Gasteiger partial charge in [-0.15, -0.1) is 0 Å². The van der Waals surface area contributed by atoms with Gasteiger partial charge in [0.05, 0.1) is 18.1 Å². The lowest BCUT2D eigenvalue weighted by Crippen LogP contribution is -2.39. The molecule has 1 aliphatic rings. The third-order valence-electron chi connectivity index (χ3n) is 5.75. The molecule has 0 N–H and O–H groups in total. The zero-order chi connectivity index (χ0) is 22.3. The van der Waals surface area contributed by atoms with E-state index in [-0.39, 0.29) is 18.1 Å². The Kier molecular flexibility index (Phi) is 7.08. The van der Waals surface area contributed by atoms with Crippen molar-refractivity contribution in [2.45, 2.75) is 19.5 Å². The van der Waals surface area contributed by atoms with Gasteiger partial charge in [0.25, 0.3) is 5.69 Å². The van der Waals surface area contributed by atoms with Crippen molar-refractivity contribution in [2.24, 2.45) is 0 Å². The molecule has 32 heavy (non-hydrogen) atoms. The first-order valence-electron chi connectivity index (χ1n) is 10.8. The molecule has 4 rings (SSSR count). The number of nitro groups is 1. The van der Waals surface area contributed by atoms with Gasteiger partial charge in [-0.05, 0) is 36.2 Å². The molecule has 2 aromatic heterocycles. The van der Waals surface area contributed by atoms with Crippen molar-refractivity contribution < 1.29 is 14.5 Å². The molecular weight excluding hydrogens is 410 g/mol. The van der Waals surface area contributed by atoms with Gasteiger partial charge in [-0.1, -0.05) is 0 Å². The number of rotatable bonds is 9. The maximum Gasteiger partial charge on any atom is 0.270 e. The third kappa shape index (κ3) is 5.49. The number of nitrogens with zero attached hydrogens (tertiary/aromatic N) is 5. The molecule has 168 valence electrons. The van der Waals surface area contributed by atoms with Crippen LogP contribution in [0.4, 0.5) is 5.69 Å². The Morgan fingerprint density at radius 3 is 2.69 bits per heavy atom. The van der Waals surface area contributed by atoms with Gasteiger partial charge in [-0.2, -0.15) is 0 Å². The highest BCUT2D eigenvalue weighted by Gasteiger charge is 2.18. The molecule has 9 heteroatoms. The van der Waals surface area contributed by atoms with E-state index in [9.17, 15) is 14.9 Å². The molecule has 1 saturated heterocycles. The smallest absolute Gasteiger partial charge is 0.270 e. The summed E-state index contributed by atoms with van der Waals surface area (Å²) < 4.78 is 7.26. The highest BCUT2D eigenvalue weighted by atomic mass is 16.6. The predicted octanol–water partition coefficient (Wildman–Crippen LogP) is 2.70. The average Bonchev–Trinajstić information content (AvgIpc) is 3.21. The van der Waals surface area contributed by atoms with E-state index >= 15 is 0 Å². The van der Waals surface area contributed by atoms with E-state index in [1.165, 1.54) is 12.1 Å². The number of pyridine rings is 1. The van der Waals surface area contributed by atoms with Crippen molar-refractivity contribution >= 4 is 22.5 Å². The molecule has 1 fully saturated rings. The van der Waals surface area contributed by atoms with Crippen LogP contribution in [0.5, 0.6) is 0 Å². The number of morpholine rings is 1. The van der Waals surface area contributed by atoms with Gasteiger partial charge in [0.1, 0.15) is 6.54 Å². The number of hydrogen-bond donors (Lipinski definition) is 0. The molecular formula is C23H27N5O4. The number of hydrogen-bond acceptors (Lipinski definition) is 6. The van der Waals surface area contributed by atoms with E-state index < -0.39 is 4.92 Å². The number of benzene rings is 1. The maximum absolute atomic E-state index is 13.3. The lowest BCUT2D eigenvalue weighted by atomic mass is 10.2. The summed E-state index contributed by atoms with van der Waals surface area (Å²) in [5.74, 6) is 0.0136. The Balaban J connectivity index is 1.45. The molecule has 0 saturated carbocycles. The average molecular weight is 438 g/mol. The predicted molar refractivity (Wildman–Crippen MR) is 120 cm³/mol. The summed E-state index contributed by atoms with van der Waals surface area (Å²) in [5.41, 5.74) is 1.89. The van der Waals surface area contributed by atoms with Gasteiger partial charge in [0, 0.05) is 74.3 Å². The van der Waals surface area contributed by atoms with E-state index in [1.807, 2.05) is 27.8 Å². The van der Waals surface area contributed by atoms with Crippen LogP contribution >= 0.6 is 0 Å². The molecule has 0 aliphatic carbocycles. The van der Waals surface area contributed by atoms with E-state index in [4.69, 9.17) is 4.74 Å². The van der Waals surface area contributed by atoms with Gasteiger partial charge < -0.3 is 14.2 Å². The number of fused-ring (bicyclic) bond motifs is 1. The van der Waals surface area contributed by atoms with Gasteiger partial charge in [-0.3, -0.25) is 24.8 Å². The fourth-order valence-corrected chi connectivity index (χ4v) is 4.00. The minimum absolute atomic E-state index is 0.0136. The largest absolute Gasteiger partial charge is 0.379 e. The lowest BCUT2D eigenvalue weighted by molar-refractivity contribution is -0.384. The number of carbonyl (C=O) groups excluding carboxylic acids is 1. The first-order valence-corrected chi connectivity index (χ1v) is 10.8. The van der Waals surface area contributed by atoms with Gasteiger partial charge >= 0.3 is 0 Å². The monoisotopic (exact) mass is 437 g/mol. The van der Waals surface area contributed by atoms with E-state index in [0.29, 0.717) is 13.1 Å². The highest BCUT2D eigenvalue weighted by Crippen LogP contribution is 2.22. The van der Waals surface area contributed by atoms with Crippen LogP contribution in [0.1, 0.15) is 12.0 Å². The Morgan fingerprint density at radius 1 is 1.16 bits per heavy atom. The van der Waals surface area contributed by atoms with Crippen molar-refractivity contribution in [1.82, 2.24) is 19.4 Å². The summed E-state index contributed by atoms with van der Waals surface area (Å²) >= 11 is 0. The minimum Gasteiger partial charge on any atom is -0.379 e. The molecule has 1 amide bonds. The number of aromatic nitrogens is 2. The van der Waals surface area contributed by atoms with E-state index in [2.05, 4.69) is 9.88 Å². The number of nitro benzene ring substituents is 1. The summed E-state index contributed by atoms with van der Waals surface area (Å²) in [5, 5.41) is 11.8. The van der Waals surface area contributed by atoms with Crippen molar-refractivity contribution in [3.05, 3.63) is 70.7 Å². The third-order valence-corrected chi connectivity index (χ3v) is 5.75. The molecule has 0 bridgehead atoms. The van der Waals surface area contributed by atoms with E-state index in [1.54, 1.807) is 24.5 Å². The zero-order valence-corrected chi connectivity index (χ0v) is 17.9. The molecule has 3 aromatic rings. The van der Waals surface area contributed by atoms with Crippen LogP contribution in [0, 0.1) is 10.1 Å². The Labute approximate surface area is 186 Å². The summed E-state index contributed by atoms with van der Waals surface area (Å²) in [6.45, 7) is 5.68. The number of carbonyl (C=O) groups is 1. The van der Waals surface area contributed by atoms with Gasteiger partial charge in [0.15, 0.2) is 0 Å². The fraction of sp³-hybridized carbons (Fsp3) is 0.391. The lowest BCUT2D eigenvalue weighted by Gasteiger charge is -2.28. The van der Waals surface area contributed by atoms with E-state index in [0.717, 1.165) is 55.7 Å². The van der Waals surface area contributed by atoms with Crippen LogP contribution in [0.3, 0.4) is 0 Å². The molecule has 0 spiro atoms. The van der Waals surface area contributed by atoms with Crippen molar-refractivity contribution in [2.75, 3.05) is 39.4 Å². The van der Waals surface area contributed by atoms with Crippen molar-refractivity contribution in [3.63, 3.8) is 0 Å². The van der Waals surface area contributed by atoms with Crippen LogP contribution in [0.15, 0.2) is 55.0 Å². The Bertz CT molecular complexity index is 1060.